The average molecular weight is 242 g/mol. The number of pyridine rings is 1. The average Bonchev–Trinajstić information content (AvgIpc) is 2.46. The van der Waals surface area contributed by atoms with Gasteiger partial charge in [-0.1, -0.05) is 30.3 Å². The fourth-order valence-electron chi connectivity index (χ4n) is 1.85. The second-order valence-electron chi connectivity index (χ2n) is 4.34. The summed E-state index contributed by atoms with van der Waals surface area (Å²) in [6.07, 6.45) is 3.08. The van der Waals surface area contributed by atoms with Crippen LogP contribution in [0.2, 0.25) is 0 Å². The number of benzene rings is 1. The first-order valence-corrected chi connectivity index (χ1v) is 6.13. The summed E-state index contributed by atoms with van der Waals surface area (Å²) in [4.78, 5) is 3.99. The maximum absolute atomic E-state index is 10.0. The smallest absolute Gasteiger partial charge is 0.0914 e. The first-order chi connectivity index (χ1) is 8.77. The minimum absolute atomic E-state index is 0.200. The van der Waals surface area contributed by atoms with E-state index in [1.54, 1.807) is 12.4 Å². The standard InChI is InChI=1S/C15H18N2O/c1-12(13-7-9-16-10-8-13)17-11-15(18)14-5-3-2-4-6-14/h2-10,12,15,17-18H,11H2,1H3/t12-,15+/m1/s1. The maximum atomic E-state index is 10.0. The highest BCUT2D eigenvalue weighted by atomic mass is 16.3. The zero-order valence-corrected chi connectivity index (χ0v) is 10.5. The second-order valence-corrected chi connectivity index (χ2v) is 4.34. The lowest BCUT2D eigenvalue weighted by molar-refractivity contribution is 0.171. The van der Waals surface area contributed by atoms with Crippen molar-refractivity contribution in [2.75, 3.05) is 6.54 Å². The van der Waals surface area contributed by atoms with Crippen LogP contribution >= 0.6 is 0 Å². The lowest BCUT2D eigenvalue weighted by atomic mass is 10.1. The molecule has 0 saturated carbocycles. The summed E-state index contributed by atoms with van der Waals surface area (Å²) >= 11 is 0. The fraction of sp³-hybridized carbons (Fsp3) is 0.267. The van der Waals surface area contributed by atoms with E-state index in [9.17, 15) is 5.11 Å². The van der Waals surface area contributed by atoms with E-state index in [-0.39, 0.29) is 6.04 Å². The van der Waals surface area contributed by atoms with E-state index >= 15 is 0 Å². The minimum atomic E-state index is -0.476. The third kappa shape index (κ3) is 3.39. The van der Waals surface area contributed by atoms with Crippen LogP contribution in [0.15, 0.2) is 54.9 Å². The topological polar surface area (TPSA) is 45.1 Å². The lowest BCUT2D eigenvalue weighted by Crippen LogP contribution is -2.24. The Labute approximate surface area is 108 Å². The van der Waals surface area contributed by atoms with E-state index in [1.165, 1.54) is 5.56 Å². The van der Waals surface area contributed by atoms with Gasteiger partial charge in [0.2, 0.25) is 0 Å². The number of hydrogen-bond donors (Lipinski definition) is 2. The normalized spacial score (nSPS) is 14.1. The molecule has 2 atom stereocenters. The van der Waals surface area contributed by atoms with Gasteiger partial charge >= 0.3 is 0 Å². The van der Waals surface area contributed by atoms with Crippen LogP contribution < -0.4 is 5.32 Å². The van der Waals surface area contributed by atoms with Gasteiger partial charge in [0.05, 0.1) is 6.10 Å². The van der Waals surface area contributed by atoms with Crippen molar-refractivity contribution in [2.45, 2.75) is 19.1 Å². The molecule has 1 heterocycles. The van der Waals surface area contributed by atoms with Gasteiger partial charge in [-0.25, -0.2) is 0 Å². The molecule has 0 amide bonds. The van der Waals surface area contributed by atoms with Gasteiger partial charge in [0.15, 0.2) is 0 Å². The van der Waals surface area contributed by atoms with Crippen LogP contribution in [0.4, 0.5) is 0 Å². The van der Waals surface area contributed by atoms with E-state index in [4.69, 9.17) is 0 Å². The third-order valence-electron chi connectivity index (χ3n) is 3.01. The monoisotopic (exact) mass is 242 g/mol. The van der Waals surface area contributed by atoms with Gasteiger partial charge in [0, 0.05) is 25.0 Å². The Morgan fingerprint density at radius 1 is 1.06 bits per heavy atom. The molecule has 0 aliphatic rings. The van der Waals surface area contributed by atoms with Crippen molar-refractivity contribution in [1.82, 2.24) is 10.3 Å². The van der Waals surface area contributed by atoms with Crippen molar-refractivity contribution in [3.05, 3.63) is 66.0 Å². The summed E-state index contributed by atoms with van der Waals surface area (Å²) in [7, 11) is 0. The van der Waals surface area contributed by atoms with Crippen LogP contribution in [0, 0.1) is 0 Å². The zero-order valence-electron chi connectivity index (χ0n) is 10.5. The molecular formula is C15H18N2O. The van der Waals surface area contributed by atoms with Crippen molar-refractivity contribution in [2.24, 2.45) is 0 Å². The third-order valence-corrected chi connectivity index (χ3v) is 3.01. The first kappa shape index (κ1) is 12.7. The molecule has 0 spiro atoms. The minimum Gasteiger partial charge on any atom is -0.387 e. The molecule has 18 heavy (non-hydrogen) atoms. The van der Waals surface area contributed by atoms with Crippen molar-refractivity contribution in [1.29, 1.82) is 0 Å². The predicted molar refractivity (Wildman–Crippen MR) is 72.1 cm³/mol. The summed E-state index contributed by atoms with van der Waals surface area (Å²) in [5.74, 6) is 0. The first-order valence-electron chi connectivity index (χ1n) is 6.13. The Morgan fingerprint density at radius 2 is 1.72 bits per heavy atom. The van der Waals surface area contributed by atoms with E-state index < -0.39 is 6.10 Å². The van der Waals surface area contributed by atoms with Crippen LogP contribution in [0.3, 0.4) is 0 Å². The number of aliphatic hydroxyl groups is 1. The van der Waals surface area contributed by atoms with Gasteiger partial charge in [-0.3, -0.25) is 4.98 Å². The number of aromatic nitrogens is 1. The van der Waals surface area contributed by atoms with Gasteiger partial charge in [-0.2, -0.15) is 0 Å². The summed E-state index contributed by atoms with van der Waals surface area (Å²) in [5, 5.41) is 13.4. The Bertz CT molecular complexity index is 413. The molecule has 2 rings (SSSR count). The summed E-state index contributed by atoms with van der Waals surface area (Å²) in [6.45, 7) is 2.61. The molecule has 94 valence electrons. The molecule has 1 aromatic heterocycles. The van der Waals surface area contributed by atoms with Crippen LogP contribution in [-0.2, 0) is 0 Å². The molecule has 0 saturated heterocycles. The van der Waals surface area contributed by atoms with E-state index in [1.807, 2.05) is 42.5 Å². The van der Waals surface area contributed by atoms with Crippen molar-refractivity contribution < 1.29 is 5.11 Å². The molecule has 0 aliphatic carbocycles. The summed E-state index contributed by atoms with van der Waals surface area (Å²) in [6, 6.07) is 13.8. The van der Waals surface area contributed by atoms with E-state index in [0.29, 0.717) is 6.54 Å². The number of aliphatic hydroxyl groups excluding tert-OH is 1. The van der Waals surface area contributed by atoms with Crippen molar-refractivity contribution in [3.8, 4) is 0 Å². The Morgan fingerprint density at radius 3 is 2.39 bits per heavy atom. The van der Waals surface area contributed by atoms with Crippen molar-refractivity contribution >= 4 is 0 Å². The second kappa shape index (κ2) is 6.28. The van der Waals surface area contributed by atoms with Gasteiger partial charge in [-0.05, 0) is 30.2 Å². The molecule has 2 N–H and O–H groups in total. The number of hydrogen-bond acceptors (Lipinski definition) is 3. The van der Waals surface area contributed by atoms with Crippen LogP contribution in [0.1, 0.15) is 30.2 Å². The molecular weight excluding hydrogens is 224 g/mol. The highest BCUT2D eigenvalue weighted by Crippen LogP contribution is 2.14. The summed E-state index contributed by atoms with van der Waals surface area (Å²) < 4.78 is 0. The Hall–Kier alpha value is -1.71. The molecule has 0 aliphatic heterocycles. The van der Waals surface area contributed by atoms with Gasteiger partial charge < -0.3 is 10.4 Å². The Balaban J connectivity index is 1.89. The number of rotatable bonds is 5. The van der Waals surface area contributed by atoms with Crippen molar-refractivity contribution in [3.63, 3.8) is 0 Å². The highest BCUT2D eigenvalue weighted by molar-refractivity contribution is 5.18. The largest absolute Gasteiger partial charge is 0.387 e. The van der Waals surface area contributed by atoms with Crippen LogP contribution in [-0.4, -0.2) is 16.6 Å². The molecule has 0 fully saturated rings. The summed E-state index contributed by atoms with van der Waals surface area (Å²) in [5.41, 5.74) is 2.11. The van der Waals surface area contributed by atoms with Crippen LogP contribution in [0.5, 0.6) is 0 Å². The van der Waals surface area contributed by atoms with E-state index in [2.05, 4.69) is 17.2 Å². The SMILES string of the molecule is C[C@@H](NC[C@H](O)c1ccccc1)c1ccncc1. The molecule has 0 bridgehead atoms. The van der Waals surface area contributed by atoms with Gasteiger partial charge in [0.1, 0.15) is 0 Å². The lowest BCUT2D eigenvalue weighted by Gasteiger charge is -2.17. The Kier molecular flexibility index (Phi) is 4.45. The van der Waals surface area contributed by atoms with Gasteiger partial charge in [0.25, 0.3) is 0 Å². The van der Waals surface area contributed by atoms with Crippen LogP contribution in [0.25, 0.3) is 0 Å². The number of nitrogens with one attached hydrogen (secondary N) is 1. The van der Waals surface area contributed by atoms with Gasteiger partial charge in [-0.15, -0.1) is 0 Å². The fourth-order valence-corrected chi connectivity index (χ4v) is 1.85. The number of nitrogens with zero attached hydrogens (tertiary/aromatic N) is 1. The molecule has 2 aromatic rings. The predicted octanol–water partition coefficient (Wildman–Crippen LogP) is 2.47. The van der Waals surface area contributed by atoms with E-state index in [0.717, 1.165) is 5.56 Å². The highest BCUT2D eigenvalue weighted by Gasteiger charge is 2.09. The maximum Gasteiger partial charge on any atom is 0.0914 e. The molecule has 0 unspecified atom stereocenters. The zero-order chi connectivity index (χ0) is 12.8. The molecule has 3 heteroatoms. The molecule has 1 aromatic carbocycles. The quantitative estimate of drug-likeness (QED) is 0.846. The molecule has 0 radical (unpaired) electrons. The molecule has 3 nitrogen and oxygen atoms in total.